The van der Waals surface area contributed by atoms with E-state index >= 15 is 0 Å². The van der Waals surface area contributed by atoms with Gasteiger partial charge >= 0.3 is 0 Å². The van der Waals surface area contributed by atoms with Gasteiger partial charge in [0, 0.05) is 51.7 Å². The molecule has 4 nitrogen and oxygen atoms in total. The number of thioether (sulfide) groups is 2. The third-order valence-electron chi connectivity index (χ3n) is 10.7. The van der Waals surface area contributed by atoms with Crippen LogP contribution in [-0.4, -0.2) is 33.6 Å². The van der Waals surface area contributed by atoms with Crippen molar-refractivity contribution in [3.05, 3.63) is 173 Å². The third-order valence-corrected chi connectivity index (χ3v) is 14.1. The molecular formula is C47H49N4S3+. The van der Waals surface area contributed by atoms with Crippen LogP contribution in [0.5, 0.6) is 0 Å². The average molecular weight is 766 g/mol. The molecule has 7 rings (SSSR count). The van der Waals surface area contributed by atoms with E-state index in [1.807, 2.05) is 18.2 Å². The molecule has 1 aliphatic carbocycles. The number of aromatic nitrogens is 2. The Morgan fingerprint density at radius 1 is 0.815 bits per heavy atom. The van der Waals surface area contributed by atoms with Crippen molar-refractivity contribution >= 4 is 58.0 Å². The first-order chi connectivity index (χ1) is 26.1. The van der Waals surface area contributed by atoms with Crippen LogP contribution in [-0.2, 0) is 16.6 Å². The van der Waals surface area contributed by atoms with Crippen molar-refractivity contribution in [2.45, 2.75) is 72.2 Å². The van der Waals surface area contributed by atoms with Crippen LogP contribution in [0.2, 0.25) is 0 Å². The van der Waals surface area contributed by atoms with Gasteiger partial charge in [-0.3, -0.25) is 0 Å². The summed E-state index contributed by atoms with van der Waals surface area (Å²) in [6, 6.07) is 26.1. The average Bonchev–Trinajstić information content (AvgIpc) is 3.79. The van der Waals surface area contributed by atoms with E-state index in [9.17, 15) is 0 Å². The van der Waals surface area contributed by atoms with Gasteiger partial charge in [0.2, 0.25) is 5.69 Å². The molecule has 1 aromatic heterocycles. The Kier molecular flexibility index (Phi) is 11.3. The molecule has 0 amide bonds. The molecule has 0 bridgehead atoms. The van der Waals surface area contributed by atoms with Crippen LogP contribution in [0.3, 0.4) is 0 Å². The van der Waals surface area contributed by atoms with Gasteiger partial charge in [-0.2, -0.15) is 4.58 Å². The maximum Gasteiger partial charge on any atom is 0.210 e. The fourth-order valence-corrected chi connectivity index (χ4v) is 11.1. The lowest BCUT2D eigenvalue weighted by Gasteiger charge is -2.26. The second-order valence-corrected chi connectivity index (χ2v) is 18.4. The fourth-order valence-electron chi connectivity index (χ4n) is 7.92. The quantitative estimate of drug-likeness (QED) is 0.0769. The van der Waals surface area contributed by atoms with Crippen LogP contribution < -0.4 is 4.90 Å². The Labute approximate surface area is 334 Å². The summed E-state index contributed by atoms with van der Waals surface area (Å²) in [5.41, 5.74) is 12.6. The Balaban J connectivity index is 1.26. The standard InChI is InChI=1S/C47H49N4S3/c1-8-30-50-39-20-13-11-18-37(39)46(4,5)41(50)28-26-35-16-15-17-36(27-29-42-47(6,7)38-19-12-14-21-40(38)51(42)31-9-2)43(35)53-45-49-48-44(54-45)52-32-34-24-22-33(10-3)23-25-34/h8-14,18-29H,1-3,15-17,30-32H2,4-7H3/q+1. The Morgan fingerprint density at radius 2 is 1.56 bits per heavy atom. The molecule has 7 heteroatoms. The van der Waals surface area contributed by atoms with E-state index in [4.69, 9.17) is 5.10 Å². The first-order valence-corrected chi connectivity index (χ1v) is 21.3. The van der Waals surface area contributed by atoms with Crippen molar-refractivity contribution in [1.82, 2.24) is 10.2 Å². The molecule has 0 N–H and O–H groups in total. The minimum Gasteiger partial charge on any atom is -0.340 e. The van der Waals surface area contributed by atoms with Crippen molar-refractivity contribution in [3.63, 3.8) is 0 Å². The normalized spacial score (nSPS) is 18.9. The lowest BCUT2D eigenvalue weighted by Crippen LogP contribution is -2.27. The Morgan fingerprint density at radius 3 is 2.31 bits per heavy atom. The van der Waals surface area contributed by atoms with Crippen LogP contribution >= 0.6 is 34.9 Å². The number of allylic oxidation sites excluding steroid dienone is 7. The lowest BCUT2D eigenvalue weighted by molar-refractivity contribution is -0.425. The van der Waals surface area contributed by atoms with Gasteiger partial charge in [-0.05, 0) is 79.2 Å². The zero-order valence-corrected chi connectivity index (χ0v) is 34.3. The summed E-state index contributed by atoms with van der Waals surface area (Å²) in [5, 5.41) is 9.35. The highest BCUT2D eigenvalue weighted by atomic mass is 32.2. The summed E-state index contributed by atoms with van der Waals surface area (Å²) in [6.45, 7) is 23.0. The molecule has 0 unspecified atom stereocenters. The fraction of sp³-hybridized carbons (Fsp3) is 0.255. The molecule has 0 spiro atoms. The van der Waals surface area contributed by atoms with E-state index in [0.29, 0.717) is 0 Å². The maximum atomic E-state index is 4.72. The molecule has 3 heterocycles. The third kappa shape index (κ3) is 7.46. The van der Waals surface area contributed by atoms with E-state index < -0.39 is 0 Å². The van der Waals surface area contributed by atoms with Gasteiger partial charge in [0.15, 0.2) is 20.9 Å². The molecule has 274 valence electrons. The topological polar surface area (TPSA) is 32.0 Å². The van der Waals surface area contributed by atoms with Crippen LogP contribution in [0.4, 0.5) is 11.4 Å². The zero-order chi connectivity index (χ0) is 37.9. The highest BCUT2D eigenvalue weighted by Crippen LogP contribution is 2.49. The molecule has 0 fully saturated rings. The van der Waals surface area contributed by atoms with Gasteiger partial charge in [0.1, 0.15) is 0 Å². The van der Waals surface area contributed by atoms with Crippen LogP contribution in [0, 0.1) is 0 Å². The monoisotopic (exact) mass is 765 g/mol. The van der Waals surface area contributed by atoms with Crippen LogP contribution in [0.15, 0.2) is 159 Å². The summed E-state index contributed by atoms with van der Waals surface area (Å²) < 4.78 is 4.37. The lowest BCUT2D eigenvalue weighted by atomic mass is 9.81. The first-order valence-electron chi connectivity index (χ1n) is 18.7. The summed E-state index contributed by atoms with van der Waals surface area (Å²) >= 11 is 5.20. The number of benzene rings is 3. The number of hydrogen-bond acceptors (Lipinski definition) is 6. The van der Waals surface area contributed by atoms with Crippen LogP contribution in [0.25, 0.3) is 6.08 Å². The molecule has 0 atom stereocenters. The SMILES string of the molecule is C=CCN1/C(=C/C=C2\CCCC(/C=C/C3=[N+](CC=C)c4ccccc4C3(C)C)=C2Sc2nnc(SCc3ccc(C=C)cc3)s2)C(C)(C)c2ccccc21. The zero-order valence-electron chi connectivity index (χ0n) is 31.8. The molecule has 0 radical (unpaired) electrons. The van der Waals surface area contributed by atoms with E-state index in [1.165, 1.54) is 55.5 Å². The van der Waals surface area contributed by atoms with Crippen molar-refractivity contribution in [2.24, 2.45) is 0 Å². The molecular weight excluding hydrogens is 717 g/mol. The Bertz CT molecular complexity index is 2240. The number of para-hydroxylation sites is 2. The summed E-state index contributed by atoms with van der Waals surface area (Å²) in [7, 11) is 0. The molecule has 3 aliphatic rings. The largest absolute Gasteiger partial charge is 0.340 e. The van der Waals surface area contributed by atoms with Crippen molar-refractivity contribution < 1.29 is 4.58 Å². The highest BCUT2D eigenvalue weighted by molar-refractivity contribution is 8.05. The van der Waals surface area contributed by atoms with E-state index in [2.05, 4.69) is 159 Å². The smallest absolute Gasteiger partial charge is 0.210 e. The van der Waals surface area contributed by atoms with Crippen molar-refractivity contribution in [2.75, 3.05) is 18.0 Å². The van der Waals surface area contributed by atoms with Gasteiger partial charge in [0.25, 0.3) is 0 Å². The summed E-state index contributed by atoms with van der Waals surface area (Å²) in [4.78, 5) is 3.71. The number of hydrogen-bond donors (Lipinski definition) is 0. The summed E-state index contributed by atoms with van der Waals surface area (Å²) in [5.74, 6) is 0.851. The molecule has 4 aromatic rings. The number of fused-ring (bicyclic) bond motifs is 2. The highest BCUT2D eigenvalue weighted by Gasteiger charge is 2.44. The van der Waals surface area contributed by atoms with E-state index in [0.717, 1.165) is 52.3 Å². The van der Waals surface area contributed by atoms with Crippen LogP contribution in [0.1, 0.15) is 69.2 Å². The Hall–Kier alpha value is -4.43. The van der Waals surface area contributed by atoms with Gasteiger partial charge in [0.05, 0.1) is 5.41 Å². The van der Waals surface area contributed by atoms with Crippen molar-refractivity contribution in [3.8, 4) is 0 Å². The number of nitrogens with zero attached hydrogens (tertiary/aromatic N) is 4. The minimum absolute atomic E-state index is 0.128. The molecule has 3 aromatic carbocycles. The minimum atomic E-state index is -0.128. The molecule has 0 saturated carbocycles. The predicted molar refractivity (Wildman–Crippen MR) is 235 cm³/mol. The maximum absolute atomic E-state index is 4.72. The van der Waals surface area contributed by atoms with Gasteiger partial charge in [-0.25, -0.2) is 0 Å². The second-order valence-electron chi connectivity index (χ2n) is 14.9. The molecule has 2 aliphatic heterocycles. The second kappa shape index (κ2) is 16.1. The summed E-state index contributed by atoms with van der Waals surface area (Å²) in [6.07, 6.45) is 18.5. The number of rotatable bonds is 13. The predicted octanol–water partition coefficient (Wildman–Crippen LogP) is 12.6. The van der Waals surface area contributed by atoms with Gasteiger partial charge < -0.3 is 4.90 Å². The van der Waals surface area contributed by atoms with E-state index in [-0.39, 0.29) is 10.8 Å². The first kappa shape index (κ1) is 37.9. The molecule has 0 saturated heterocycles. The van der Waals surface area contributed by atoms with E-state index in [1.54, 1.807) is 34.9 Å². The number of anilines is 1. The van der Waals surface area contributed by atoms with Gasteiger partial charge in [-0.1, -0.05) is 147 Å². The van der Waals surface area contributed by atoms with Gasteiger partial charge in [-0.15, -0.1) is 16.8 Å². The van der Waals surface area contributed by atoms with Crippen molar-refractivity contribution in [1.29, 1.82) is 0 Å². The molecule has 54 heavy (non-hydrogen) atoms.